The van der Waals surface area contributed by atoms with Crippen LogP contribution >= 0.6 is 0 Å². The van der Waals surface area contributed by atoms with E-state index in [1.54, 1.807) is 24.1 Å². The molecular formula is C9H9N5O2. The van der Waals surface area contributed by atoms with Crippen LogP contribution in [0, 0.1) is 10.1 Å². The summed E-state index contributed by atoms with van der Waals surface area (Å²) in [6, 6.07) is 2.91. The Kier molecular flexibility index (Phi) is 2.50. The molecule has 0 aliphatic carbocycles. The lowest BCUT2D eigenvalue weighted by atomic mass is 10.4. The van der Waals surface area contributed by atoms with E-state index in [0.29, 0.717) is 5.69 Å². The summed E-state index contributed by atoms with van der Waals surface area (Å²) < 4.78 is 1.59. The van der Waals surface area contributed by atoms with E-state index in [4.69, 9.17) is 0 Å². The Morgan fingerprint density at radius 3 is 3.00 bits per heavy atom. The Balaban J connectivity index is 2.31. The summed E-state index contributed by atoms with van der Waals surface area (Å²) >= 11 is 0. The highest BCUT2D eigenvalue weighted by Crippen LogP contribution is 2.23. The van der Waals surface area contributed by atoms with Gasteiger partial charge in [0.2, 0.25) is 5.82 Å². The minimum atomic E-state index is -0.480. The average Bonchev–Trinajstić information content (AvgIpc) is 2.64. The van der Waals surface area contributed by atoms with Crippen molar-refractivity contribution >= 4 is 17.2 Å². The first-order valence-corrected chi connectivity index (χ1v) is 4.52. The summed E-state index contributed by atoms with van der Waals surface area (Å²) in [7, 11) is 1.76. The minimum absolute atomic E-state index is 0.0636. The van der Waals surface area contributed by atoms with Crippen molar-refractivity contribution in [2.24, 2.45) is 7.05 Å². The first kappa shape index (κ1) is 10.1. The molecule has 0 saturated heterocycles. The number of anilines is 2. The van der Waals surface area contributed by atoms with E-state index in [0.717, 1.165) is 0 Å². The highest BCUT2D eigenvalue weighted by atomic mass is 16.6. The number of aryl methyl sites for hydroxylation is 1. The summed E-state index contributed by atoms with van der Waals surface area (Å²) in [5, 5.41) is 17.5. The summed E-state index contributed by atoms with van der Waals surface area (Å²) in [4.78, 5) is 14.2. The van der Waals surface area contributed by atoms with E-state index in [9.17, 15) is 10.1 Å². The molecule has 2 rings (SSSR count). The van der Waals surface area contributed by atoms with Gasteiger partial charge in [0.1, 0.15) is 0 Å². The normalized spacial score (nSPS) is 10.1. The fourth-order valence-electron chi connectivity index (χ4n) is 1.26. The van der Waals surface area contributed by atoms with Crippen molar-refractivity contribution < 1.29 is 4.92 Å². The predicted molar refractivity (Wildman–Crippen MR) is 57.4 cm³/mol. The summed E-state index contributed by atoms with van der Waals surface area (Å²) in [5.74, 6) is 0.209. The fourth-order valence-corrected chi connectivity index (χ4v) is 1.26. The third-order valence-electron chi connectivity index (χ3n) is 1.95. The zero-order valence-corrected chi connectivity index (χ0v) is 8.49. The number of nitro groups is 1. The van der Waals surface area contributed by atoms with Crippen LogP contribution in [0.15, 0.2) is 30.7 Å². The first-order chi connectivity index (χ1) is 7.66. The zero-order chi connectivity index (χ0) is 11.5. The van der Waals surface area contributed by atoms with Crippen molar-refractivity contribution in [1.29, 1.82) is 0 Å². The number of aromatic nitrogens is 3. The van der Waals surface area contributed by atoms with Gasteiger partial charge in [-0.1, -0.05) is 0 Å². The third-order valence-corrected chi connectivity index (χ3v) is 1.95. The lowest BCUT2D eigenvalue weighted by molar-refractivity contribution is -0.384. The topological polar surface area (TPSA) is 85.9 Å². The van der Waals surface area contributed by atoms with Crippen molar-refractivity contribution in [3.05, 3.63) is 40.8 Å². The van der Waals surface area contributed by atoms with Gasteiger partial charge < -0.3 is 5.32 Å². The minimum Gasteiger partial charge on any atom is -0.332 e. The number of rotatable bonds is 3. The Morgan fingerprint density at radius 1 is 1.56 bits per heavy atom. The second-order valence-corrected chi connectivity index (χ2v) is 3.16. The van der Waals surface area contributed by atoms with Gasteiger partial charge in [-0.05, 0) is 6.07 Å². The molecule has 0 saturated carbocycles. The maximum absolute atomic E-state index is 10.7. The summed E-state index contributed by atoms with van der Waals surface area (Å²) in [6.07, 6.45) is 4.77. The van der Waals surface area contributed by atoms with Crippen LogP contribution in [0.2, 0.25) is 0 Å². The van der Waals surface area contributed by atoms with E-state index in [1.807, 2.05) is 0 Å². The van der Waals surface area contributed by atoms with Gasteiger partial charge in [-0.15, -0.1) is 0 Å². The standard InChI is InChI=1S/C9H9N5O2/c1-13-6-7(5-11-13)12-9-8(14(15)16)3-2-4-10-9/h2-6H,1H3,(H,10,12). The van der Waals surface area contributed by atoms with Crippen molar-refractivity contribution in [1.82, 2.24) is 14.8 Å². The van der Waals surface area contributed by atoms with Crippen LogP contribution < -0.4 is 5.32 Å². The van der Waals surface area contributed by atoms with E-state index in [-0.39, 0.29) is 11.5 Å². The smallest absolute Gasteiger partial charge is 0.311 e. The number of hydrogen-bond donors (Lipinski definition) is 1. The van der Waals surface area contributed by atoms with Gasteiger partial charge in [0, 0.05) is 25.5 Å². The molecule has 0 aliphatic heterocycles. The summed E-state index contributed by atoms with van der Waals surface area (Å²) in [5.41, 5.74) is 0.593. The number of nitrogens with zero attached hydrogens (tertiary/aromatic N) is 4. The molecule has 2 heterocycles. The molecule has 0 bridgehead atoms. The predicted octanol–water partition coefficient (Wildman–Crippen LogP) is 1.47. The Bertz CT molecular complexity index is 522. The van der Waals surface area contributed by atoms with Crippen LogP contribution in [0.1, 0.15) is 0 Å². The van der Waals surface area contributed by atoms with Crippen LogP contribution in [-0.2, 0) is 7.05 Å². The Labute approximate surface area is 90.9 Å². The van der Waals surface area contributed by atoms with Crippen LogP contribution in [0.25, 0.3) is 0 Å². The number of nitrogens with one attached hydrogen (secondary N) is 1. The van der Waals surface area contributed by atoms with Crippen LogP contribution in [0.4, 0.5) is 17.2 Å². The van der Waals surface area contributed by atoms with E-state index in [1.165, 1.54) is 18.3 Å². The third kappa shape index (κ3) is 1.97. The van der Waals surface area contributed by atoms with E-state index < -0.39 is 4.92 Å². The lowest BCUT2D eigenvalue weighted by Gasteiger charge is -2.02. The van der Waals surface area contributed by atoms with Crippen LogP contribution in [0.5, 0.6) is 0 Å². The zero-order valence-electron chi connectivity index (χ0n) is 8.49. The highest BCUT2D eigenvalue weighted by molar-refractivity contribution is 5.63. The van der Waals surface area contributed by atoms with E-state index >= 15 is 0 Å². The van der Waals surface area contributed by atoms with Gasteiger partial charge in [-0.2, -0.15) is 5.10 Å². The molecule has 2 aromatic heterocycles. The fraction of sp³-hybridized carbons (Fsp3) is 0.111. The molecule has 7 heteroatoms. The van der Waals surface area contributed by atoms with Crippen LogP contribution in [-0.4, -0.2) is 19.7 Å². The summed E-state index contributed by atoms with van der Waals surface area (Å²) in [6.45, 7) is 0. The van der Waals surface area contributed by atoms with Crippen molar-refractivity contribution in [2.75, 3.05) is 5.32 Å². The van der Waals surface area contributed by atoms with Gasteiger partial charge in [0.15, 0.2) is 0 Å². The molecule has 82 valence electrons. The van der Waals surface area contributed by atoms with Crippen LogP contribution in [0.3, 0.4) is 0 Å². The Morgan fingerprint density at radius 2 is 2.38 bits per heavy atom. The van der Waals surface area contributed by atoms with E-state index in [2.05, 4.69) is 15.4 Å². The molecule has 0 amide bonds. The average molecular weight is 219 g/mol. The van der Waals surface area contributed by atoms with Gasteiger partial charge in [0.25, 0.3) is 0 Å². The van der Waals surface area contributed by atoms with Crippen molar-refractivity contribution in [3.63, 3.8) is 0 Å². The SMILES string of the molecule is Cn1cc(Nc2ncccc2[N+](=O)[O-])cn1. The molecule has 16 heavy (non-hydrogen) atoms. The van der Waals surface area contributed by atoms with Gasteiger partial charge in [0.05, 0.1) is 16.8 Å². The van der Waals surface area contributed by atoms with Gasteiger partial charge in [-0.3, -0.25) is 14.8 Å². The second kappa shape index (κ2) is 3.97. The maximum atomic E-state index is 10.7. The number of hydrogen-bond acceptors (Lipinski definition) is 5. The molecule has 0 aromatic carbocycles. The molecule has 0 spiro atoms. The number of pyridine rings is 1. The quantitative estimate of drug-likeness (QED) is 0.624. The van der Waals surface area contributed by atoms with Gasteiger partial charge in [-0.25, -0.2) is 4.98 Å². The molecule has 2 aromatic rings. The molecule has 0 radical (unpaired) electrons. The lowest BCUT2D eigenvalue weighted by Crippen LogP contribution is -1.98. The highest BCUT2D eigenvalue weighted by Gasteiger charge is 2.14. The molecular weight excluding hydrogens is 210 g/mol. The maximum Gasteiger partial charge on any atom is 0.311 e. The molecule has 0 fully saturated rings. The molecule has 0 atom stereocenters. The van der Waals surface area contributed by atoms with Gasteiger partial charge >= 0.3 is 5.69 Å². The molecule has 7 nitrogen and oxygen atoms in total. The first-order valence-electron chi connectivity index (χ1n) is 4.52. The van der Waals surface area contributed by atoms with Crippen molar-refractivity contribution in [3.8, 4) is 0 Å². The monoisotopic (exact) mass is 219 g/mol. The molecule has 1 N–H and O–H groups in total. The largest absolute Gasteiger partial charge is 0.332 e. The van der Waals surface area contributed by atoms with Crippen molar-refractivity contribution in [2.45, 2.75) is 0 Å². The molecule has 0 unspecified atom stereocenters. The molecule has 0 aliphatic rings. The Hall–Kier alpha value is -2.44. The second-order valence-electron chi connectivity index (χ2n) is 3.16.